The van der Waals surface area contributed by atoms with Gasteiger partial charge in [0.25, 0.3) is 5.91 Å². The fourth-order valence-corrected chi connectivity index (χ4v) is 7.72. The van der Waals surface area contributed by atoms with E-state index in [1.165, 1.54) is 30.5 Å². The molecule has 5 aliphatic rings. The van der Waals surface area contributed by atoms with E-state index >= 15 is 0 Å². The van der Waals surface area contributed by atoms with Gasteiger partial charge in [0.2, 0.25) is 0 Å². The molecule has 0 radical (unpaired) electrons. The van der Waals surface area contributed by atoms with Crippen LogP contribution in [0.2, 0.25) is 0 Å². The van der Waals surface area contributed by atoms with Gasteiger partial charge in [-0.05, 0) is 86.2 Å². The number of rotatable bonds is 5. The fraction of sp³-hybridized carbons (Fsp3) is 0.536. The number of hydrogen-bond donors (Lipinski definition) is 3. The molecule has 1 saturated heterocycles. The third-order valence-corrected chi connectivity index (χ3v) is 9.36. The average molecular weight is 460 g/mol. The zero-order chi connectivity index (χ0) is 23.0. The van der Waals surface area contributed by atoms with Gasteiger partial charge in [-0.25, -0.2) is 0 Å². The Kier molecular flexibility index (Phi) is 4.56. The zero-order valence-corrected chi connectivity index (χ0v) is 19.5. The highest BCUT2D eigenvalue weighted by molar-refractivity contribution is 5.94. The third-order valence-electron chi connectivity index (χ3n) is 9.36. The number of piperidine rings is 1. The van der Waals surface area contributed by atoms with E-state index in [4.69, 9.17) is 10.5 Å². The Morgan fingerprint density at radius 3 is 2.91 bits per heavy atom. The van der Waals surface area contributed by atoms with Gasteiger partial charge in [-0.15, -0.1) is 0 Å². The fourth-order valence-electron chi connectivity index (χ4n) is 7.72. The average Bonchev–Trinajstić information content (AvgIpc) is 3.60. The Bertz CT molecular complexity index is 1160. The van der Waals surface area contributed by atoms with Crippen LogP contribution in [0.25, 0.3) is 0 Å². The molecule has 3 aliphatic carbocycles. The van der Waals surface area contributed by atoms with Crippen LogP contribution in [0.4, 0.5) is 0 Å². The summed E-state index contributed by atoms with van der Waals surface area (Å²) in [5, 5.41) is 14.1. The van der Waals surface area contributed by atoms with Crippen molar-refractivity contribution in [1.82, 2.24) is 10.2 Å². The molecule has 0 unspecified atom stereocenters. The molecule has 7 rings (SSSR count). The lowest BCUT2D eigenvalue weighted by atomic mass is 9.51. The maximum atomic E-state index is 13.3. The van der Waals surface area contributed by atoms with Crippen LogP contribution >= 0.6 is 0 Å². The molecule has 2 heterocycles. The molecule has 178 valence electrons. The van der Waals surface area contributed by atoms with Crippen LogP contribution < -0.4 is 15.8 Å². The number of carbonyl (C=O) groups is 1. The highest BCUT2D eigenvalue weighted by Crippen LogP contribution is 2.64. The lowest BCUT2D eigenvalue weighted by Crippen LogP contribution is -2.69. The number of phenolic OH excluding ortho intramolecular Hbond substituents is 1. The van der Waals surface area contributed by atoms with Gasteiger partial charge in [0.05, 0.1) is 6.04 Å². The quantitative estimate of drug-likeness (QED) is 0.640. The van der Waals surface area contributed by atoms with E-state index < -0.39 is 0 Å². The monoisotopic (exact) mass is 459 g/mol. The van der Waals surface area contributed by atoms with Gasteiger partial charge in [-0.2, -0.15) is 0 Å². The minimum absolute atomic E-state index is 0.0716. The van der Waals surface area contributed by atoms with Gasteiger partial charge < -0.3 is 20.9 Å². The van der Waals surface area contributed by atoms with Crippen LogP contribution in [-0.2, 0) is 18.4 Å². The number of benzene rings is 2. The second kappa shape index (κ2) is 7.46. The first-order chi connectivity index (χ1) is 16.6. The van der Waals surface area contributed by atoms with E-state index in [-0.39, 0.29) is 29.2 Å². The number of phenols is 1. The number of nitrogens with one attached hydrogen (secondary N) is 1. The normalized spacial score (nSPS) is 33.2. The predicted molar refractivity (Wildman–Crippen MR) is 129 cm³/mol. The molecule has 0 aromatic heterocycles. The van der Waals surface area contributed by atoms with Gasteiger partial charge >= 0.3 is 0 Å². The molecule has 5 atom stereocenters. The van der Waals surface area contributed by atoms with Gasteiger partial charge in [-0.3, -0.25) is 9.69 Å². The van der Waals surface area contributed by atoms with Crippen molar-refractivity contribution in [3.05, 3.63) is 58.7 Å². The second-order valence-corrected chi connectivity index (χ2v) is 11.2. The number of hydrogen-bond acceptors (Lipinski definition) is 5. The molecule has 6 nitrogen and oxygen atoms in total. The Hall–Kier alpha value is -2.57. The van der Waals surface area contributed by atoms with E-state index in [1.54, 1.807) is 6.07 Å². The van der Waals surface area contributed by atoms with Crippen LogP contribution in [0.1, 0.15) is 59.2 Å². The van der Waals surface area contributed by atoms with Crippen molar-refractivity contribution in [3.8, 4) is 11.5 Å². The highest BCUT2D eigenvalue weighted by atomic mass is 16.5. The summed E-state index contributed by atoms with van der Waals surface area (Å²) in [4.78, 5) is 16.0. The number of aromatic hydroxyl groups is 1. The first-order valence-electron chi connectivity index (χ1n) is 12.9. The van der Waals surface area contributed by atoms with Crippen LogP contribution in [-0.4, -0.2) is 47.2 Å². The van der Waals surface area contributed by atoms with E-state index in [0.29, 0.717) is 29.8 Å². The van der Waals surface area contributed by atoms with Crippen molar-refractivity contribution in [1.29, 1.82) is 0 Å². The molecule has 6 heteroatoms. The topological polar surface area (TPSA) is 87.8 Å². The molecular formula is C28H33N3O3. The number of amides is 1. The molecule has 2 aromatic rings. The first-order valence-corrected chi connectivity index (χ1v) is 12.9. The number of nitrogens with zero attached hydrogens (tertiary/aromatic N) is 1. The van der Waals surface area contributed by atoms with E-state index in [2.05, 4.69) is 16.3 Å². The maximum absolute atomic E-state index is 13.3. The Morgan fingerprint density at radius 1 is 1.21 bits per heavy atom. The molecule has 1 spiro atoms. The van der Waals surface area contributed by atoms with Crippen LogP contribution in [0.15, 0.2) is 36.4 Å². The van der Waals surface area contributed by atoms with E-state index in [1.807, 2.05) is 24.3 Å². The third kappa shape index (κ3) is 2.91. The molecule has 2 aromatic carbocycles. The molecule has 2 aliphatic heterocycles. The van der Waals surface area contributed by atoms with Crippen LogP contribution in [0.3, 0.4) is 0 Å². The zero-order valence-electron chi connectivity index (χ0n) is 19.5. The van der Waals surface area contributed by atoms with Crippen molar-refractivity contribution in [3.63, 3.8) is 0 Å². The molecule has 34 heavy (non-hydrogen) atoms. The summed E-state index contributed by atoms with van der Waals surface area (Å²) in [6.45, 7) is 2.71. The standard InChI is InChI=1S/C28H33N3O3/c29-14-17-2-1-3-19(12-17)27(33)30-21-8-7-20-22-13-18-6-9-23(32)25-24(18)28(20,26(21)34-25)10-11-31(22)15-16-4-5-16/h1-3,6,9,12,16,20-22,26,32H,4-5,7-8,10-11,13-15,29H2,(H,30,33)/t20-,21-,22+,26-,28+/m1/s1. The smallest absolute Gasteiger partial charge is 0.251 e. The molecule has 4 N–H and O–H groups in total. The van der Waals surface area contributed by atoms with Crippen LogP contribution in [0.5, 0.6) is 11.5 Å². The SMILES string of the molecule is NCc1cccc(C(=O)N[C@@H]2CC[C@@H]3[C@@H]4Cc5ccc(O)c6c5[C@@]3(CCN4CC3CC3)[C@@H]2O6)c1. The Labute approximate surface area is 200 Å². The van der Waals surface area contributed by atoms with Crippen molar-refractivity contribution in [2.45, 2.75) is 68.7 Å². The molecular weight excluding hydrogens is 426 g/mol. The maximum Gasteiger partial charge on any atom is 0.251 e. The molecule has 2 saturated carbocycles. The summed E-state index contributed by atoms with van der Waals surface area (Å²) in [5.74, 6) is 2.22. The lowest BCUT2D eigenvalue weighted by Gasteiger charge is -2.59. The summed E-state index contributed by atoms with van der Waals surface area (Å²) < 4.78 is 6.63. The number of carbonyl (C=O) groups excluding carboxylic acids is 1. The first kappa shape index (κ1) is 20.8. The van der Waals surface area contributed by atoms with E-state index in [0.717, 1.165) is 43.7 Å². The van der Waals surface area contributed by atoms with Gasteiger partial charge in [0, 0.05) is 35.7 Å². The van der Waals surface area contributed by atoms with Gasteiger partial charge in [0.1, 0.15) is 6.10 Å². The number of nitrogens with two attached hydrogens (primary N) is 1. The summed E-state index contributed by atoms with van der Waals surface area (Å²) in [6, 6.07) is 11.9. The minimum atomic E-state index is -0.138. The van der Waals surface area contributed by atoms with Crippen molar-refractivity contribution in [2.24, 2.45) is 17.6 Å². The largest absolute Gasteiger partial charge is 0.504 e. The number of likely N-dealkylation sites (tertiary alicyclic amines) is 1. The number of ether oxygens (including phenoxy) is 1. The second-order valence-electron chi connectivity index (χ2n) is 11.2. The molecule has 1 amide bonds. The predicted octanol–water partition coefficient (Wildman–Crippen LogP) is 3.10. The lowest BCUT2D eigenvalue weighted by molar-refractivity contribution is -0.0647. The molecule has 2 bridgehead atoms. The van der Waals surface area contributed by atoms with Crippen molar-refractivity contribution >= 4 is 5.91 Å². The van der Waals surface area contributed by atoms with Crippen molar-refractivity contribution < 1.29 is 14.6 Å². The van der Waals surface area contributed by atoms with Gasteiger partial charge in [0.15, 0.2) is 11.5 Å². The Morgan fingerprint density at radius 2 is 2.09 bits per heavy atom. The van der Waals surface area contributed by atoms with Gasteiger partial charge in [-0.1, -0.05) is 18.2 Å². The van der Waals surface area contributed by atoms with Crippen molar-refractivity contribution in [2.75, 3.05) is 13.1 Å². The summed E-state index contributed by atoms with van der Waals surface area (Å²) >= 11 is 0. The summed E-state index contributed by atoms with van der Waals surface area (Å²) in [5.41, 5.74) is 9.84. The Balaban J connectivity index is 1.24. The molecule has 3 fully saturated rings. The summed E-state index contributed by atoms with van der Waals surface area (Å²) in [7, 11) is 0. The summed E-state index contributed by atoms with van der Waals surface area (Å²) in [6.07, 6.45) is 6.66. The minimum Gasteiger partial charge on any atom is -0.504 e. The highest BCUT2D eigenvalue weighted by Gasteiger charge is 2.66. The van der Waals surface area contributed by atoms with E-state index in [9.17, 15) is 9.90 Å². The van der Waals surface area contributed by atoms with Crippen LogP contribution in [0, 0.1) is 11.8 Å².